The third kappa shape index (κ3) is 3.25. The Morgan fingerprint density at radius 1 is 1.33 bits per heavy atom. The lowest BCUT2D eigenvalue weighted by Crippen LogP contribution is -2.35. The summed E-state index contributed by atoms with van der Waals surface area (Å²) in [6.45, 7) is 3.12. The molecule has 15 heavy (non-hydrogen) atoms. The van der Waals surface area contributed by atoms with E-state index >= 15 is 0 Å². The number of hydrogen-bond acceptors (Lipinski definition) is 3. The number of aliphatic hydroxyl groups is 1. The lowest BCUT2D eigenvalue weighted by molar-refractivity contribution is -0.120. The number of carbonyl (C=O) groups excluding carboxylic acids is 1. The van der Waals surface area contributed by atoms with Crippen molar-refractivity contribution in [3.63, 3.8) is 0 Å². The van der Waals surface area contributed by atoms with Gasteiger partial charge in [-0.25, -0.2) is 0 Å². The van der Waals surface area contributed by atoms with E-state index in [-0.39, 0.29) is 17.7 Å². The van der Waals surface area contributed by atoms with Crippen LogP contribution in [0.4, 0.5) is 0 Å². The lowest BCUT2D eigenvalue weighted by atomic mass is 10.0. The van der Waals surface area contributed by atoms with Gasteiger partial charge in [0.2, 0.25) is 5.91 Å². The maximum absolute atomic E-state index is 10.8. The Kier molecular flexibility index (Phi) is 3.68. The molecule has 1 aromatic rings. The SMILES string of the molecule is CC(=O)NC(C)C(O)c1ccc(O)cc1. The number of rotatable bonds is 3. The van der Waals surface area contributed by atoms with Crippen molar-refractivity contribution in [2.45, 2.75) is 26.0 Å². The van der Waals surface area contributed by atoms with E-state index in [9.17, 15) is 9.90 Å². The second-order valence-electron chi connectivity index (χ2n) is 3.53. The van der Waals surface area contributed by atoms with E-state index in [1.165, 1.54) is 19.1 Å². The van der Waals surface area contributed by atoms with Gasteiger partial charge in [-0.1, -0.05) is 12.1 Å². The van der Waals surface area contributed by atoms with Gasteiger partial charge in [0.25, 0.3) is 0 Å². The summed E-state index contributed by atoms with van der Waals surface area (Å²) in [5.41, 5.74) is 0.661. The highest BCUT2D eigenvalue weighted by molar-refractivity contribution is 5.73. The molecule has 1 amide bonds. The van der Waals surface area contributed by atoms with Crippen LogP contribution in [0.2, 0.25) is 0 Å². The molecule has 0 spiro atoms. The fraction of sp³-hybridized carbons (Fsp3) is 0.364. The Bertz CT molecular complexity index is 334. The predicted octanol–water partition coefficient (Wildman–Crippen LogP) is 0.950. The first-order valence-electron chi connectivity index (χ1n) is 4.75. The van der Waals surface area contributed by atoms with Crippen LogP contribution in [-0.2, 0) is 4.79 Å². The standard InChI is InChI=1S/C11H15NO3/c1-7(12-8(2)13)11(15)9-3-5-10(14)6-4-9/h3-7,11,14-15H,1-2H3,(H,12,13). The number of benzene rings is 1. The summed E-state index contributed by atoms with van der Waals surface area (Å²) in [6.07, 6.45) is -0.769. The number of nitrogens with one attached hydrogen (secondary N) is 1. The molecule has 0 aliphatic rings. The Morgan fingerprint density at radius 3 is 2.33 bits per heavy atom. The Hall–Kier alpha value is -1.55. The first kappa shape index (κ1) is 11.5. The Balaban J connectivity index is 2.71. The third-order valence-corrected chi connectivity index (χ3v) is 2.14. The molecule has 0 aliphatic carbocycles. The smallest absolute Gasteiger partial charge is 0.217 e. The van der Waals surface area contributed by atoms with Crippen LogP contribution in [0, 0.1) is 0 Å². The summed E-state index contributed by atoms with van der Waals surface area (Å²) < 4.78 is 0. The zero-order chi connectivity index (χ0) is 11.4. The summed E-state index contributed by atoms with van der Waals surface area (Å²) in [6, 6.07) is 5.89. The molecule has 0 fully saturated rings. The van der Waals surface area contributed by atoms with Crippen LogP contribution in [0.25, 0.3) is 0 Å². The van der Waals surface area contributed by atoms with E-state index in [0.29, 0.717) is 5.56 Å². The summed E-state index contributed by atoms with van der Waals surface area (Å²) >= 11 is 0. The zero-order valence-corrected chi connectivity index (χ0v) is 8.77. The van der Waals surface area contributed by atoms with Crippen molar-refractivity contribution in [2.24, 2.45) is 0 Å². The summed E-state index contributed by atoms with van der Waals surface area (Å²) in [5.74, 6) is -0.0292. The van der Waals surface area contributed by atoms with Gasteiger partial charge < -0.3 is 15.5 Å². The quantitative estimate of drug-likeness (QED) is 0.694. The van der Waals surface area contributed by atoms with Gasteiger partial charge in [0, 0.05) is 6.92 Å². The van der Waals surface area contributed by atoms with Crippen LogP contribution in [0.5, 0.6) is 5.75 Å². The largest absolute Gasteiger partial charge is 0.508 e. The molecular weight excluding hydrogens is 194 g/mol. The van der Waals surface area contributed by atoms with Crippen LogP contribution >= 0.6 is 0 Å². The Labute approximate surface area is 88.6 Å². The summed E-state index contributed by atoms with van der Waals surface area (Å²) in [7, 11) is 0. The van der Waals surface area contributed by atoms with Gasteiger partial charge in [0.05, 0.1) is 12.1 Å². The van der Waals surface area contributed by atoms with Gasteiger partial charge in [-0.15, -0.1) is 0 Å². The molecule has 0 saturated heterocycles. The van der Waals surface area contributed by atoms with Crippen molar-refractivity contribution >= 4 is 5.91 Å². The number of hydrogen-bond donors (Lipinski definition) is 3. The highest BCUT2D eigenvalue weighted by Crippen LogP contribution is 2.19. The fourth-order valence-corrected chi connectivity index (χ4v) is 1.36. The van der Waals surface area contributed by atoms with Gasteiger partial charge >= 0.3 is 0 Å². The molecular formula is C11H15NO3. The van der Waals surface area contributed by atoms with Crippen molar-refractivity contribution in [1.29, 1.82) is 0 Å². The molecule has 82 valence electrons. The van der Waals surface area contributed by atoms with E-state index in [2.05, 4.69) is 5.32 Å². The minimum atomic E-state index is -0.769. The molecule has 4 nitrogen and oxygen atoms in total. The molecule has 4 heteroatoms. The number of aromatic hydroxyl groups is 1. The molecule has 0 bridgehead atoms. The van der Waals surface area contributed by atoms with Crippen LogP contribution < -0.4 is 5.32 Å². The third-order valence-electron chi connectivity index (χ3n) is 2.14. The van der Waals surface area contributed by atoms with Crippen molar-refractivity contribution in [1.82, 2.24) is 5.32 Å². The van der Waals surface area contributed by atoms with E-state index in [1.807, 2.05) is 0 Å². The molecule has 1 rings (SSSR count). The number of phenols is 1. The van der Waals surface area contributed by atoms with Crippen LogP contribution in [0.3, 0.4) is 0 Å². The van der Waals surface area contributed by atoms with E-state index in [1.54, 1.807) is 19.1 Å². The number of phenolic OH excluding ortho intramolecular Hbond substituents is 1. The van der Waals surface area contributed by atoms with Crippen LogP contribution in [0.1, 0.15) is 25.5 Å². The number of amides is 1. The predicted molar refractivity (Wildman–Crippen MR) is 56.3 cm³/mol. The topological polar surface area (TPSA) is 69.6 Å². The summed E-state index contributed by atoms with van der Waals surface area (Å²) in [4.78, 5) is 10.8. The van der Waals surface area contributed by atoms with Crippen molar-refractivity contribution in [3.05, 3.63) is 29.8 Å². The molecule has 2 atom stereocenters. The van der Waals surface area contributed by atoms with Gasteiger partial charge in [-0.05, 0) is 24.6 Å². The second-order valence-corrected chi connectivity index (χ2v) is 3.53. The normalized spacial score (nSPS) is 14.3. The molecule has 0 radical (unpaired) electrons. The van der Waals surface area contributed by atoms with Crippen LogP contribution in [0.15, 0.2) is 24.3 Å². The Morgan fingerprint density at radius 2 is 1.87 bits per heavy atom. The van der Waals surface area contributed by atoms with Crippen molar-refractivity contribution < 1.29 is 15.0 Å². The van der Waals surface area contributed by atoms with Crippen molar-refractivity contribution in [3.8, 4) is 5.75 Å². The first-order valence-corrected chi connectivity index (χ1v) is 4.75. The zero-order valence-electron chi connectivity index (χ0n) is 8.77. The molecule has 2 unspecified atom stereocenters. The molecule has 1 aromatic carbocycles. The minimum Gasteiger partial charge on any atom is -0.508 e. The monoisotopic (exact) mass is 209 g/mol. The molecule has 0 saturated carbocycles. The van der Waals surface area contributed by atoms with Gasteiger partial charge in [0.15, 0.2) is 0 Å². The summed E-state index contributed by atoms with van der Waals surface area (Å²) in [5, 5.41) is 21.5. The average Bonchev–Trinajstić information content (AvgIpc) is 2.17. The van der Waals surface area contributed by atoms with Gasteiger partial charge in [0.1, 0.15) is 5.75 Å². The molecule has 0 heterocycles. The highest BCUT2D eigenvalue weighted by Gasteiger charge is 2.16. The number of carbonyl (C=O) groups is 1. The van der Waals surface area contributed by atoms with Crippen LogP contribution in [-0.4, -0.2) is 22.2 Å². The fourth-order valence-electron chi connectivity index (χ4n) is 1.36. The highest BCUT2D eigenvalue weighted by atomic mass is 16.3. The average molecular weight is 209 g/mol. The number of aliphatic hydroxyl groups excluding tert-OH is 1. The maximum Gasteiger partial charge on any atom is 0.217 e. The van der Waals surface area contributed by atoms with E-state index in [4.69, 9.17) is 5.11 Å². The molecule has 3 N–H and O–H groups in total. The van der Waals surface area contributed by atoms with E-state index in [0.717, 1.165) is 0 Å². The molecule has 0 aliphatic heterocycles. The van der Waals surface area contributed by atoms with Crippen molar-refractivity contribution in [2.75, 3.05) is 0 Å². The maximum atomic E-state index is 10.8. The lowest BCUT2D eigenvalue weighted by Gasteiger charge is -2.19. The van der Waals surface area contributed by atoms with Gasteiger partial charge in [-0.3, -0.25) is 4.79 Å². The van der Waals surface area contributed by atoms with E-state index < -0.39 is 6.10 Å². The second kappa shape index (κ2) is 4.79. The first-order chi connectivity index (χ1) is 7.00. The van der Waals surface area contributed by atoms with Gasteiger partial charge in [-0.2, -0.15) is 0 Å². The minimum absolute atomic E-state index is 0.151. The molecule has 0 aromatic heterocycles.